The van der Waals surface area contributed by atoms with Crippen LogP contribution in [0.1, 0.15) is 33.6 Å². The number of aliphatic imine (C=N–C) groups is 1. The number of nitrogens with zero attached hydrogens (tertiary/aromatic N) is 2. The van der Waals surface area contributed by atoms with Crippen molar-refractivity contribution < 1.29 is 13.2 Å². The average molecular weight is 349 g/mol. The van der Waals surface area contributed by atoms with Crippen molar-refractivity contribution in [2.75, 3.05) is 51.7 Å². The Bertz CT molecular complexity index is 452. The molecule has 136 valence electrons. The molecule has 0 saturated carbocycles. The van der Waals surface area contributed by atoms with Gasteiger partial charge in [-0.3, -0.25) is 4.99 Å². The van der Waals surface area contributed by atoms with Crippen molar-refractivity contribution in [2.24, 2.45) is 10.9 Å². The summed E-state index contributed by atoms with van der Waals surface area (Å²) in [6.07, 6.45) is 1.61. The third-order valence-corrected chi connectivity index (χ3v) is 5.33. The van der Waals surface area contributed by atoms with Gasteiger partial charge in [-0.1, -0.05) is 13.8 Å². The Kier molecular flexibility index (Phi) is 9.50. The number of hydrogen-bond donors (Lipinski definition) is 2. The number of rotatable bonds is 10. The van der Waals surface area contributed by atoms with E-state index < -0.39 is 10.0 Å². The van der Waals surface area contributed by atoms with E-state index in [0.717, 1.165) is 32.0 Å². The van der Waals surface area contributed by atoms with E-state index in [1.54, 1.807) is 4.31 Å². The Morgan fingerprint density at radius 2 is 2.13 bits per heavy atom. The van der Waals surface area contributed by atoms with Crippen LogP contribution in [0.25, 0.3) is 0 Å². The van der Waals surface area contributed by atoms with Crippen LogP contribution in [0.5, 0.6) is 0 Å². The Hall–Kier alpha value is -0.860. The summed E-state index contributed by atoms with van der Waals surface area (Å²) in [5, 5.41) is 6.35. The largest absolute Gasteiger partial charge is 0.381 e. The van der Waals surface area contributed by atoms with E-state index in [1.807, 2.05) is 6.92 Å². The summed E-state index contributed by atoms with van der Waals surface area (Å²) in [5.74, 6) is 1.56. The van der Waals surface area contributed by atoms with E-state index in [9.17, 15) is 8.42 Å². The van der Waals surface area contributed by atoms with E-state index in [2.05, 4.69) is 29.5 Å². The highest BCUT2D eigenvalue weighted by atomic mass is 32.2. The summed E-state index contributed by atoms with van der Waals surface area (Å²) in [4.78, 5) is 4.48. The van der Waals surface area contributed by atoms with Crippen LogP contribution in [-0.2, 0) is 14.8 Å². The zero-order chi connectivity index (χ0) is 17.1. The fourth-order valence-corrected chi connectivity index (χ4v) is 3.79. The van der Waals surface area contributed by atoms with Gasteiger partial charge in [0.2, 0.25) is 10.0 Å². The van der Waals surface area contributed by atoms with E-state index in [1.165, 1.54) is 0 Å². The lowest BCUT2D eigenvalue weighted by atomic mass is 10.2. The quantitative estimate of drug-likeness (QED) is 0.344. The molecule has 7 nitrogen and oxygen atoms in total. The van der Waals surface area contributed by atoms with Gasteiger partial charge in [0, 0.05) is 45.9 Å². The molecule has 1 rings (SSSR count). The molecule has 0 aromatic carbocycles. The molecule has 1 aliphatic rings. The Morgan fingerprint density at radius 1 is 1.35 bits per heavy atom. The molecule has 0 aliphatic carbocycles. The van der Waals surface area contributed by atoms with E-state index in [0.29, 0.717) is 38.7 Å². The number of guanidine groups is 1. The molecule has 0 aromatic rings. The predicted octanol–water partition coefficient (Wildman–Crippen LogP) is 0.640. The first-order valence-electron chi connectivity index (χ1n) is 8.53. The summed E-state index contributed by atoms with van der Waals surface area (Å²) in [6.45, 7) is 10.9. The minimum Gasteiger partial charge on any atom is -0.381 e. The van der Waals surface area contributed by atoms with Gasteiger partial charge in [0.25, 0.3) is 0 Å². The summed E-state index contributed by atoms with van der Waals surface area (Å²) in [6, 6.07) is 0. The second kappa shape index (κ2) is 10.8. The van der Waals surface area contributed by atoms with Gasteiger partial charge in [-0.25, -0.2) is 12.7 Å². The van der Waals surface area contributed by atoms with Gasteiger partial charge >= 0.3 is 0 Å². The van der Waals surface area contributed by atoms with Gasteiger partial charge in [-0.15, -0.1) is 0 Å². The van der Waals surface area contributed by atoms with Crippen LogP contribution in [0.15, 0.2) is 4.99 Å². The second-order valence-corrected chi connectivity index (χ2v) is 8.17. The zero-order valence-corrected chi connectivity index (χ0v) is 15.5. The number of sulfonamides is 1. The van der Waals surface area contributed by atoms with Crippen LogP contribution in [0.3, 0.4) is 0 Å². The molecular formula is C15H32N4O3S. The summed E-state index contributed by atoms with van der Waals surface area (Å²) < 4.78 is 30.5. The number of ether oxygens (including phenoxy) is 1. The molecular weight excluding hydrogens is 316 g/mol. The molecule has 0 aromatic heterocycles. The summed E-state index contributed by atoms with van der Waals surface area (Å²) in [5.41, 5.74) is 0. The van der Waals surface area contributed by atoms with Crippen LogP contribution in [0.2, 0.25) is 0 Å². The van der Waals surface area contributed by atoms with Crippen molar-refractivity contribution in [2.45, 2.75) is 33.6 Å². The lowest BCUT2D eigenvalue weighted by Gasteiger charge is -2.16. The maximum absolute atomic E-state index is 11.7. The summed E-state index contributed by atoms with van der Waals surface area (Å²) in [7, 11) is -3.02. The van der Waals surface area contributed by atoms with Crippen molar-refractivity contribution in [3.05, 3.63) is 0 Å². The van der Waals surface area contributed by atoms with Crippen LogP contribution < -0.4 is 10.6 Å². The summed E-state index contributed by atoms with van der Waals surface area (Å²) >= 11 is 0. The molecule has 8 heteroatoms. The minimum absolute atomic E-state index is 0.275. The first kappa shape index (κ1) is 20.2. The van der Waals surface area contributed by atoms with Crippen LogP contribution in [0, 0.1) is 5.92 Å². The topological polar surface area (TPSA) is 83.0 Å². The predicted molar refractivity (Wildman–Crippen MR) is 94.2 cm³/mol. The molecule has 0 radical (unpaired) electrons. The molecule has 23 heavy (non-hydrogen) atoms. The highest BCUT2D eigenvalue weighted by Gasteiger charge is 2.27. The first-order valence-corrected chi connectivity index (χ1v) is 10.1. The lowest BCUT2D eigenvalue weighted by Crippen LogP contribution is -2.42. The molecule has 0 atom stereocenters. The lowest BCUT2D eigenvalue weighted by molar-refractivity contribution is 0.109. The highest BCUT2D eigenvalue weighted by Crippen LogP contribution is 2.11. The van der Waals surface area contributed by atoms with Gasteiger partial charge in [0.1, 0.15) is 0 Å². The van der Waals surface area contributed by atoms with Crippen molar-refractivity contribution in [1.82, 2.24) is 14.9 Å². The smallest absolute Gasteiger partial charge is 0.214 e. The molecule has 1 fully saturated rings. The number of hydrogen-bond acceptors (Lipinski definition) is 4. The Morgan fingerprint density at radius 3 is 2.74 bits per heavy atom. The Labute approximate surface area is 140 Å². The van der Waals surface area contributed by atoms with Crippen LogP contribution in [-0.4, -0.2) is 70.4 Å². The molecule has 0 bridgehead atoms. The molecule has 1 aliphatic heterocycles. The molecule has 2 N–H and O–H groups in total. The fourth-order valence-electron chi connectivity index (χ4n) is 2.26. The molecule has 0 spiro atoms. The molecule has 0 unspecified atom stereocenters. The van der Waals surface area contributed by atoms with Gasteiger partial charge in [-0.05, 0) is 25.7 Å². The highest BCUT2D eigenvalue weighted by molar-refractivity contribution is 7.89. The SMILES string of the molecule is CCNC(=NCCCOCC(C)C)NCCN1CCCS1(=O)=O. The Balaban J connectivity index is 2.24. The van der Waals surface area contributed by atoms with Crippen molar-refractivity contribution >= 4 is 16.0 Å². The normalized spacial score (nSPS) is 18.5. The van der Waals surface area contributed by atoms with Gasteiger partial charge < -0.3 is 15.4 Å². The fraction of sp³-hybridized carbons (Fsp3) is 0.933. The molecule has 0 amide bonds. The van der Waals surface area contributed by atoms with E-state index in [-0.39, 0.29) is 5.75 Å². The third kappa shape index (κ3) is 8.53. The van der Waals surface area contributed by atoms with Gasteiger partial charge in [0.15, 0.2) is 5.96 Å². The maximum Gasteiger partial charge on any atom is 0.214 e. The van der Waals surface area contributed by atoms with E-state index in [4.69, 9.17) is 4.74 Å². The average Bonchev–Trinajstić information content (AvgIpc) is 2.81. The minimum atomic E-state index is -3.02. The van der Waals surface area contributed by atoms with Crippen molar-refractivity contribution in [3.63, 3.8) is 0 Å². The molecule has 1 saturated heterocycles. The monoisotopic (exact) mass is 348 g/mol. The first-order chi connectivity index (χ1) is 11.0. The second-order valence-electron chi connectivity index (χ2n) is 6.08. The zero-order valence-electron chi connectivity index (χ0n) is 14.7. The van der Waals surface area contributed by atoms with Crippen molar-refractivity contribution in [3.8, 4) is 0 Å². The number of nitrogens with one attached hydrogen (secondary N) is 2. The third-order valence-electron chi connectivity index (χ3n) is 3.37. The molecule has 1 heterocycles. The van der Waals surface area contributed by atoms with Gasteiger partial charge in [0.05, 0.1) is 5.75 Å². The van der Waals surface area contributed by atoms with E-state index >= 15 is 0 Å². The van der Waals surface area contributed by atoms with Crippen LogP contribution in [0.4, 0.5) is 0 Å². The van der Waals surface area contributed by atoms with Crippen molar-refractivity contribution in [1.29, 1.82) is 0 Å². The standard InChI is InChI=1S/C15H32N4O3S/c1-4-16-15(17-7-5-11-22-13-14(2)3)18-8-10-19-9-6-12-23(19,20)21/h14H,4-13H2,1-3H3,(H2,16,17,18). The van der Waals surface area contributed by atoms with Gasteiger partial charge in [-0.2, -0.15) is 0 Å². The van der Waals surface area contributed by atoms with Crippen LogP contribution >= 0.6 is 0 Å². The maximum atomic E-state index is 11.7.